The van der Waals surface area contributed by atoms with Crippen LogP contribution in [0, 0.1) is 27.9 Å². The van der Waals surface area contributed by atoms with Gasteiger partial charge in [0.25, 0.3) is 5.69 Å². The van der Waals surface area contributed by atoms with Crippen molar-refractivity contribution in [1.29, 1.82) is 0 Å². The maximum absolute atomic E-state index is 12.2. The third-order valence-corrected chi connectivity index (χ3v) is 3.80. The molecule has 1 saturated carbocycles. The fourth-order valence-corrected chi connectivity index (χ4v) is 2.76. The van der Waals surface area contributed by atoms with E-state index in [0.29, 0.717) is 18.5 Å². The van der Waals surface area contributed by atoms with E-state index in [1.807, 2.05) is 6.92 Å². The van der Waals surface area contributed by atoms with Crippen LogP contribution in [0.4, 0.5) is 11.4 Å². The van der Waals surface area contributed by atoms with Gasteiger partial charge in [-0.1, -0.05) is 6.92 Å². The highest BCUT2D eigenvalue weighted by Gasteiger charge is 2.41. The summed E-state index contributed by atoms with van der Waals surface area (Å²) in [6.45, 7) is 1.93. The first kappa shape index (κ1) is 15.0. The van der Waals surface area contributed by atoms with Gasteiger partial charge >= 0.3 is 5.97 Å². The van der Waals surface area contributed by atoms with Crippen molar-refractivity contribution in [3.63, 3.8) is 0 Å². The number of aliphatic carboxylic acids is 1. The molecule has 0 heterocycles. The van der Waals surface area contributed by atoms with Crippen LogP contribution in [0.2, 0.25) is 0 Å². The van der Waals surface area contributed by atoms with E-state index in [2.05, 4.69) is 5.32 Å². The summed E-state index contributed by atoms with van der Waals surface area (Å²) in [6.07, 6.45) is 1.03. The molecule has 3 unspecified atom stereocenters. The zero-order chi connectivity index (χ0) is 15.6. The number of anilines is 1. The summed E-state index contributed by atoms with van der Waals surface area (Å²) in [5.41, 5.74) is 0.361. The second kappa shape index (κ2) is 5.90. The first-order valence-corrected chi connectivity index (χ1v) is 6.66. The smallest absolute Gasteiger partial charge is 0.307 e. The minimum atomic E-state index is -0.955. The van der Waals surface area contributed by atoms with Crippen LogP contribution in [0.15, 0.2) is 24.3 Å². The van der Waals surface area contributed by atoms with Gasteiger partial charge in [-0.25, -0.2) is 0 Å². The van der Waals surface area contributed by atoms with E-state index in [4.69, 9.17) is 5.11 Å². The molecule has 0 radical (unpaired) electrons. The van der Waals surface area contributed by atoms with Gasteiger partial charge in [-0.3, -0.25) is 19.7 Å². The third kappa shape index (κ3) is 3.36. The summed E-state index contributed by atoms with van der Waals surface area (Å²) in [5.74, 6) is -2.34. The Bertz CT molecular complexity index is 569. The number of carbonyl (C=O) groups is 2. The summed E-state index contributed by atoms with van der Waals surface area (Å²) < 4.78 is 0. The first-order chi connectivity index (χ1) is 9.88. The molecular formula is C14H16N2O5. The summed E-state index contributed by atoms with van der Waals surface area (Å²) >= 11 is 0. The third-order valence-electron chi connectivity index (χ3n) is 3.80. The monoisotopic (exact) mass is 292 g/mol. The van der Waals surface area contributed by atoms with E-state index in [9.17, 15) is 19.7 Å². The molecule has 7 heteroatoms. The number of amides is 1. The topological polar surface area (TPSA) is 110 Å². The molecule has 3 atom stereocenters. The van der Waals surface area contributed by atoms with Gasteiger partial charge < -0.3 is 10.4 Å². The minimum Gasteiger partial charge on any atom is -0.481 e. The second-order valence-corrected chi connectivity index (χ2v) is 5.42. The van der Waals surface area contributed by atoms with Crippen molar-refractivity contribution in [2.45, 2.75) is 19.8 Å². The number of nitrogens with zero attached hydrogens (tertiary/aromatic N) is 1. The molecule has 1 aliphatic carbocycles. The highest BCUT2D eigenvalue weighted by Crippen LogP contribution is 2.37. The molecular weight excluding hydrogens is 276 g/mol. The average molecular weight is 292 g/mol. The Labute approximate surface area is 121 Å². The van der Waals surface area contributed by atoms with E-state index < -0.39 is 22.7 Å². The van der Waals surface area contributed by atoms with Crippen molar-refractivity contribution in [1.82, 2.24) is 0 Å². The Morgan fingerprint density at radius 3 is 2.33 bits per heavy atom. The molecule has 1 aromatic rings. The SMILES string of the molecule is CC1CC(C(=O)O)C(C(=O)Nc2ccc([N+](=O)[O-])cc2)C1. The Morgan fingerprint density at radius 1 is 1.24 bits per heavy atom. The molecule has 7 nitrogen and oxygen atoms in total. The predicted molar refractivity (Wildman–Crippen MR) is 74.7 cm³/mol. The average Bonchev–Trinajstić information content (AvgIpc) is 2.82. The van der Waals surface area contributed by atoms with Crippen LogP contribution < -0.4 is 5.32 Å². The quantitative estimate of drug-likeness (QED) is 0.653. The molecule has 0 bridgehead atoms. The number of hydrogen-bond donors (Lipinski definition) is 2. The van der Waals surface area contributed by atoms with Gasteiger partial charge in [0.2, 0.25) is 5.91 Å². The Morgan fingerprint density at radius 2 is 1.81 bits per heavy atom. The van der Waals surface area contributed by atoms with Crippen LogP contribution in [0.1, 0.15) is 19.8 Å². The lowest BCUT2D eigenvalue weighted by Gasteiger charge is -2.15. The lowest BCUT2D eigenvalue weighted by atomic mass is 9.95. The summed E-state index contributed by atoms with van der Waals surface area (Å²) in [5, 5.41) is 22.3. The zero-order valence-corrected chi connectivity index (χ0v) is 11.5. The standard InChI is InChI=1S/C14H16N2O5/c1-8-6-11(12(7-8)14(18)19)13(17)15-9-2-4-10(5-3-9)16(20)21/h2-5,8,11-12H,6-7H2,1H3,(H,15,17)(H,18,19). The number of carbonyl (C=O) groups excluding carboxylic acids is 1. The number of hydrogen-bond acceptors (Lipinski definition) is 4. The van der Waals surface area contributed by atoms with Crippen molar-refractivity contribution in [2.24, 2.45) is 17.8 Å². The van der Waals surface area contributed by atoms with E-state index >= 15 is 0 Å². The number of benzene rings is 1. The summed E-state index contributed by atoms with van der Waals surface area (Å²) in [6, 6.07) is 5.46. The van der Waals surface area contributed by atoms with Crippen LogP contribution in [0.5, 0.6) is 0 Å². The molecule has 0 saturated heterocycles. The van der Waals surface area contributed by atoms with E-state index in [-0.39, 0.29) is 17.5 Å². The molecule has 1 amide bonds. The molecule has 0 aliphatic heterocycles. The summed E-state index contributed by atoms with van der Waals surface area (Å²) in [7, 11) is 0. The fraction of sp³-hybridized carbons (Fsp3) is 0.429. The van der Waals surface area contributed by atoms with Crippen molar-refractivity contribution < 1.29 is 19.6 Å². The maximum Gasteiger partial charge on any atom is 0.307 e. The number of nitro benzene ring substituents is 1. The van der Waals surface area contributed by atoms with Crippen LogP contribution in [-0.2, 0) is 9.59 Å². The van der Waals surface area contributed by atoms with Gasteiger partial charge in [-0.15, -0.1) is 0 Å². The molecule has 1 fully saturated rings. The van der Waals surface area contributed by atoms with Crippen LogP contribution in [0.25, 0.3) is 0 Å². The lowest BCUT2D eigenvalue weighted by Crippen LogP contribution is -2.29. The van der Waals surface area contributed by atoms with E-state index in [1.54, 1.807) is 0 Å². The maximum atomic E-state index is 12.2. The zero-order valence-electron chi connectivity index (χ0n) is 11.5. The molecule has 2 rings (SSSR count). The van der Waals surface area contributed by atoms with Gasteiger partial charge in [0.05, 0.1) is 16.8 Å². The fourth-order valence-electron chi connectivity index (χ4n) is 2.76. The van der Waals surface area contributed by atoms with Gasteiger partial charge in [-0.2, -0.15) is 0 Å². The van der Waals surface area contributed by atoms with Gasteiger partial charge in [-0.05, 0) is 30.9 Å². The van der Waals surface area contributed by atoms with Gasteiger partial charge in [0.15, 0.2) is 0 Å². The Hall–Kier alpha value is -2.44. The first-order valence-electron chi connectivity index (χ1n) is 6.66. The minimum absolute atomic E-state index is 0.0640. The van der Waals surface area contributed by atoms with Crippen molar-refractivity contribution in [3.05, 3.63) is 34.4 Å². The number of nitrogens with one attached hydrogen (secondary N) is 1. The van der Waals surface area contributed by atoms with Crippen LogP contribution in [-0.4, -0.2) is 21.9 Å². The highest BCUT2D eigenvalue weighted by atomic mass is 16.6. The molecule has 21 heavy (non-hydrogen) atoms. The normalized spacial score (nSPS) is 24.5. The number of non-ortho nitro benzene ring substituents is 1. The lowest BCUT2D eigenvalue weighted by molar-refractivity contribution is -0.384. The van der Waals surface area contributed by atoms with Crippen molar-refractivity contribution in [3.8, 4) is 0 Å². The Kier molecular flexibility index (Phi) is 4.21. The van der Waals surface area contributed by atoms with Crippen LogP contribution in [0.3, 0.4) is 0 Å². The van der Waals surface area contributed by atoms with Crippen LogP contribution >= 0.6 is 0 Å². The largest absolute Gasteiger partial charge is 0.481 e. The van der Waals surface area contributed by atoms with Gasteiger partial charge in [0, 0.05) is 17.8 Å². The van der Waals surface area contributed by atoms with E-state index in [0.717, 1.165) is 0 Å². The van der Waals surface area contributed by atoms with Crippen molar-refractivity contribution in [2.75, 3.05) is 5.32 Å². The number of nitro groups is 1. The number of rotatable bonds is 4. The molecule has 1 aliphatic rings. The number of carboxylic acids is 1. The summed E-state index contributed by atoms with van der Waals surface area (Å²) in [4.78, 5) is 33.4. The second-order valence-electron chi connectivity index (χ2n) is 5.42. The molecule has 112 valence electrons. The molecule has 0 spiro atoms. The van der Waals surface area contributed by atoms with Crippen molar-refractivity contribution >= 4 is 23.3 Å². The van der Waals surface area contributed by atoms with E-state index in [1.165, 1.54) is 24.3 Å². The van der Waals surface area contributed by atoms with Gasteiger partial charge in [0.1, 0.15) is 0 Å². The highest BCUT2D eigenvalue weighted by molar-refractivity contribution is 5.95. The molecule has 1 aromatic carbocycles. The molecule has 2 N–H and O–H groups in total. The molecule has 0 aromatic heterocycles. The Balaban J connectivity index is 2.06. The number of carboxylic acid groups (broad SMARTS) is 1. The predicted octanol–water partition coefficient (Wildman–Crippen LogP) is 2.28.